The van der Waals surface area contributed by atoms with Gasteiger partial charge in [0.15, 0.2) is 0 Å². The number of benzene rings is 2. The van der Waals surface area contributed by atoms with Gasteiger partial charge in [0.05, 0.1) is 32.9 Å². The number of phenols is 1. The molecule has 0 atom stereocenters. The summed E-state index contributed by atoms with van der Waals surface area (Å²) in [5.74, 6) is -1.94. The van der Waals surface area contributed by atoms with Gasteiger partial charge in [0.2, 0.25) is 0 Å². The lowest BCUT2D eigenvalue weighted by Crippen LogP contribution is -2.07. The Morgan fingerprint density at radius 2 is 1.82 bits per heavy atom. The lowest BCUT2D eigenvalue weighted by atomic mass is 10.1. The van der Waals surface area contributed by atoms with Crippen molar-refractivity contribution in [3.63, 3.8) is 0 Å². The number of hydrogen-bond donors (Lipinski definition) is 1. The van der Waals surface area contributed by atoms with Crippen LogP contribution in [0, 0.1) is 27.2 Å². The summed E-state index contributed by atoms with van der Waals surface area (Å²) >= 11 is 0. The molecule has 1 aromatic heterocycles. The normalized spacial score (nSPS) is 10.8. The quantitative estimate of drug-likeness (QED) is 0.402. The third-order valence-corrected chi connectivity index (χ3v) is 4.29. The van der Waals surface area contributed by atoms with E-state index in [1.165, 1.54) is 4.57 Å². The van der Waals surface area contributed by atoms with Gasteiger partial charge in [-0.05, 0) is 26.0 Å². The molecule has 0 saturated carbocycles. The first-order valence-corrected chi connectivity index (χ1v) is 8.21. The average molecular weight is 385 g/mol. The standard InChI is InChI=1S/C18H15N3O7/c1-3-28-18(23)14-10(2)19(11-7-5-4-6-8-11)12-9-13(20(24)25)17(22)16(15(12)14)21(26)27/h4-9,22H,3H2,1-2H3. The summed E-state index contributed by atoms with van der Waals surface area (Å²) in [4.78, 5) is 33.7. The highest BCUT2D eigenvalue weighted by atomic mass is 16.6. The molecule has 0 saturated heterocycles. The molecule has 3 rings (SSSR count). The largest absolute Gasteiger partial charge is 0.497 e. The summed E-state index contributed by atoms with van der Waals surface area (Å²) in [5.41, 5.74) is -0.993. The number of nitrogens with zero attached hydrogens (tertiary/aromatic N) is 3. The zero-order chi connectivity index (χ0) is 20.6. The Hall–Kier alpha value is -3.95. The van der Waals surface area contributed by atoms with Crippen molar-refractivity contribution in [1.29, 1.82) is 0 Å². The number of ether oxygens (including phenoxy) is 1. The van der Waals surface area contributed by atoms with Gasteiger partial charge in [0.25, 0.3) is 5.75 Å². The number of nitro groups is 2. The highest BCUT2D eigenvalue weighted by Gasteiger charge is 2.36. The molecule has 0 unspecified atom stereocenters. The van der Waals surface area contributed by atoms with E-state index in [1.54, 1.807) is 44.2 Å². The highest BCUT2D eigenvalue weighted by Crippen LogP contribution is 2.46. The van der Waals surface area contributed by atoms with Crippen molar-refractivity contribution in [2.24, 2.45) is 0 Å². The predicted octanol–water partition coefficient (Wildman–Crippen LogP) is 3.64. The Kier molecular flexibility index (Phi) is 4.70. The zero-order valence-corrected chi connectivity index (χ0v) is 14.9. The first kappa shape index (κ1) is 18.8. The molecule has 0 aliphatic rings. The maximum absolute atomic E-state index is 12.6. The summed E-state index contributed by atoms with van der Waals surface area (Å²) in [6.07, 6.45) is 0. The average Bonchev–Trinajstić information content (AvgIpc) is 2.93. The van der Waals surface area contributed by atoms with Crippen LogP contribution in [-0.4, -0.2) is 32.1 Å². The molecule has 10 nitrogen and oxygen atoms in total. The number of carbonyl (C=O) groups excluding carboxylic acids is 1. The molecule has 1 heterocycles. The van der Waals surface area contributed by atoms with Crippen molar-refractivity contribution >= 4 is 28.2 Å². The lowest BCUT2D eigenvalue weighted by molar-refractivity contribution is -0.394. The van der Waals surface area contributed by atoms with Gasteiger partial charge in [-0.25, -0.2) is 4.79 Å². The van der Waals surface area contributed by atoms with Crippen LogP contribution >= 0.6 is 0 Å². The Bertz CT molecular complexity index is 1120. The molecule has 2 aromatic carbocycles. The van der Waals surface area contributed by atoms with Crippen LogP contribution in [0.1, 0.15) is 23.0 Å². The number of nitro benzene ring substituents is 2. The van der Waals surface area contributed by atoms with Gasteiger partial charge in [-0.2, -0.15) is 0 Å². The van der Waals surface area contributed by atoms with E-state index in [4.69, 9.17) is 4.74 Å². The molecule has 1 N–H and O–H groups in total. The maximum atomic E-state index is 12.6. The van der Waals surface area contributed by atoms with E-state index in [0.29, 0.717) is 11.4 Å². The fraction of sp³-hybridized carbons (Fsp3) is 0.167. The summed E-state index contributed by atoms with van der Waals surface area (Å²) in [6.45, 7) is 3.16. The first-order chi connectivity index (χ1) is 13.3. The van der Waals surface area contributed by atoms with Crippen molar-refractivity contribution in [2.45, 2.75) is 13.8 Å². The van der Waals surface area contributed by atoms with Crippen molar-refractivity contribution in [3.05, 3.63) is 67.9 Å². The topological polar surface area (TPSA) is 138 Å². The molecule has 0 bridgehead atoms. The number of aromatic nitrogens is 1. The molecule has 0 amide bonds. The van der Waals surface area contributed by atoms with Gasteiger partial charge in [-0.15, -0.1) is 0 Å². The zero-order valence-electron chi connectivity index (χ0n) is 14.9. The Morgan fingerprint density at radius 3 is 2.36 bits per heavy atom. The van der Waals surface area contributed by atoms with Crippen LogP contribution in [0.25, 0.3) is 16.6 Å². The maximum Gasteiger partial charge on any atom is 0.340 e. The van der Waals surface area contributed by atoms with Gasteiger partial charge in [-0.3, -0.25) is 20.2 Å². The van der Waals surface area contributed by atoms with Crippen LogP contribution < -0.4 is 0 Å². The molecule has 0 spiro atoms. The van der Waals surface area contributed by atoms with Crippen molar-refractivity contribution in [2.75, 3.05) is 6.61 Å². The summed E-state index contributed by atoms with van der Waals surface area (Å²) in [6, 6.07) is 9.58. The van der Waals surface area contributed by atoms with Crippen LogP contribution in [0.4, 0.5) is 11.4 Å². The second kappa shape index (κ2) is 6.99. The number of phenolic OH excluding ortho intramolecular Hbond substituents is 1. The van der Waals surface area contributed by atoms with Crippen molar-refractivity contribution in [1.82, 2.24) is 4.57 Å². The highest BCUT2D eigenvalue weighted by molar-refractivity contribution is 6.12. The Labute approximate surface area is 157 Å². The predicted molar refractivity (Wildman–Crippen MR) is 98.9 cm³/mol. The minimum atomic E-state index is -1.11. The molecule has 0 radical (unpaired) electrons. The number of esters is 1. The van der Waals surface area contributed by atoms with E-state index in [9.17, 15) is 30.1 Å². The number of fused-ring (bicyclic) bond motifs is 1. The molecular formula is C18H15N3O7. The van der Waals surface area contributed by atoms with Crippen LogP contribution in [-0.2, 0) is 4.74 Å². The Balaban J connectivity index is 2.58. The van der Waals surface area contributed by atoms with Crippen LogP contribution in [0.5, 0.6) is 5.75 Å². The molecule has 10 heteroatoms. The molecule has 0 aliphatic heterocycles. The van der Waals surface area contributed by atoms with Gasteiger partial charge in [0.1, 0.15) is 0 Å². The minimum Gasteiger partial charge on any atom is -0.497 e. The van der Waals surface area contributed by atoms with E-state index in [1.807, 2.05) is 0 Å². The summed E-state index contributed by atoms with van der Waals surface area (Å²) < 4.78 is 6.52. The molecular weight excluding hydrogens is 370 g/mol. The number of aromatic hydroxyl groups is 1. The van der Waals surface area contributed by atoms with E-state index in [2.05, 4.69) is 0 Å². The van der Waals surface area contributed by atoms with Gasteiger partial charge in [-0.1, -0.05) is 18.2 Å². The second-order valence-corrected chi connectivity index (χ2v) is 5.85. The van der Waals surface area contributed by atoms with E-state index in [0.717, 1.165) is 6.07 Å². The smallest absolute Gasteiger partial charge is 0.340 e. The minimum absolute atomic E-state index is 0.0308. The Morgan fingerprint density at radius 1 is 1.18 bits per heavy atom. The number of carbonyl (C=O) groups is 1. The molecule has 28 heavy (non-hydrogen) atoms. The second-order valence-electron chi connectivity index (χ2n) is 5.85. The summed E-state index contributed by atoms with van der Waals surface area (Å²) in [7, 11) is 0. The first-order valence-electron chi connectivity index (χ1n) is 8.21. The number of rotatable bonds is 5. The van der Waals surface area contributed by atoms with E-state index in [-0.39, 0.29) is 23.1 Å². The fourth-order valence-corrected chi connectivity index (χ4v) is 3.21. The third kappa shape index (κ3) is 2.80. The monoisotopic (exact) mass is 385 g/mol. The summed E-state index contributed by atoms with van der Waals surface area (Å²) in [5, 5.41) is 33.0. The van der Waals surface area contributed by atoms with Gasteiger partial charge >= 0.3 is 17.3 Å². The van der Waals surface area contributed by atoms with Crippen molar-refractivity contribution < 1.29 is 24.5 Å². The van der Waals surface area contributed by atoms with E-state index >= 15 is 0 Å². The molecule has 144 valence electrons. The molecule has 0 aliphatic carbocycles. The number of hydrogen-bond acceptors (Lipinski definition) is 7. The molecule has 0 fully saturated rings. The third-order valence-electron chi connectivity index (χ3n) is 4.29. The van der Waals surface area contributed by atoms with Crippen LogP contribution in [0.3, 0.4) is 0 Å². The molecule has 3 aromatic rings. The van der Waals surface area contributed by atoms with Crippen molar-refractivity contribution in [3.8, 4) is 11.4 Å². The SMILES string of the molecule is CCOC(=O)c1c(C)n(-c2ccccc2)c2cc([N+](=O)[O-])c(O)c([N+](=O)[O-])c12. The lowest BCUT2D eigenvalue weighted by Gasteiger charge is -2.08. The fourth-order valence-electron chi connectivity index (χ4n) is 3.21. The van der Waals surface area contributed by atoms with Crippen LogP contribution in [0.15, 0.2) is 36.4 Å². The van der Waals surface area contributed by atoms with Gasteiger partial charge in [0, 0.05) is 17.4 Å². The van der Waals surface area contributed by atoms with E-state index < -0.39 is 32.9 Å². The number of para-hydroxylation sites is 1. The van der Waals surface area contributed by atoms with Gasteiger partial charge < -0.3 is 14.4 Å². The van der Waals surface area contributed by atoms with Crippen LogP contribution in [0.2, 0.25) is 0 Å².